The van der Waals surface area contributed by atoms with E-state index in [1.54, 1.807) is 0 Å². The smallest absolute Gasteiger partial charge is 0.306 e. The lowest BCUT2D eigenvalue weighted by atomic mass is 10.0. The molecule has 0 fully saturated rings. The highest BCUT2D eigenvalue weighted by Crippen LogP contribution is 2.20. The van der Waals surface area contributed by atoms with E-state index in [0.717, 1.165) is 57.8 Å². The van der Waals surface area contributed by atoms with Gasteiger partial charge in [-0.05, 0) is 44.9 Å². The number of ether oxygens (including phenoxy) is 3. The van der Waals surface area contributed by atoms with Crippen LogP contribution in [0.15, 0.2) is 12.2 Å². The zero-order chi connectivity index (χ0) is 59.2. The van der Waals surface area contributed by atoms with Crippen molar-refractivity contribution in [2.75, 3.05) is 13.2 Å². The molecule has 0 rings (SSSR count). The summed E-state index contributed by atoms with van der Waals surface area (Å²) in [6, 6.07) is 0. The molecule has 0 spiro atoms. The highest BCUT2D eigenvalue weighted by Gasteiger charge is 2.20. The minimum absolute atomic E-state index is 0.0618. The quantitative estimate of drug-likeness (QED) is 0.0261. The molecule has 0 amide bonds. The Labute approximate surface area is 513 Å². The van der Waals surface area contributed by atoms with Crippen LogP contribution in [0.4, 0.5) is 0 Å². The predicted octanol–water partition coefficient (Wildman–Crippen LogP) is 26.0. The minimum Gasteiger partial charge on any atom is -0.462 e. The Morgan fingerprint density at radius 1 is 0.232 bits per heavy atom. The first-order chi connectivity index (χ1) is 40.5. The minimum atomic E-state index is -0.764. The summed E-state index contributed by atoms with van der Waals surface area (Å²) in [5.41, 5.74) is 0. The third-order valence-corrected chi connectivity index (χ3v) is 17.5. The maximum Gasteiger partial charge on any atom is 0.306 e. The summed E-state index contributed by atoms with van der Waals surface area (Å²) >= 11 is 0. The number of carbonyl (C=O) groups excluding carboxylic acids is 3. The highest BCUT2D eigenvalue weighted by atomic mass is 16.6. The average molecular weight is 1160 g/mol. The number of unbranched alkanes of at least 4 members (excludes halogenated alkanes) is 58. The molecule has 0 aliphatic carbocycles. The van der Waals surface area contributed by atoms with E-state index in [1.165, 1.54) is 340 Å². The number of allylic oxidation sites excluding steroid dienone is 2. The zero-order valence-corrected chi connectivity index (χ0v) is 56.1. The van der Waals surface area contributed by atoms with Crippen molar-refractivity contribution in [2.45, 2.75) is 444 Å². The first-order valence-corrected chi connectivity index (χ1v) is 37.7. The number of hydrogen-bond acceptors (Lipinski definition) is 6. The molecular weight excluding hydrogens is 1010 g/mol. The Kier molecular flexibility index (Phi) is 70.0. The number of hydrogen-bond donors (Lipinski definition) is 0. The molecule has 0 aliphatic rings. The molecule has 0 aromatic carbocycles. The van der Waals surface area contributed by atoms with Gasteiger partial charge in [-0.1, -0.05) is 386 Å². The van der Waals surface area contributed by atoms with Crippen molar-refractivity contribution in [3.63, 3.8) is 0 Å². The fraction of sp³-hybridized carbons (Fsp3) is 0.934. The number of esters is 3. The van der Waals surface area contributed by atoms with Crippen LogP contribution in [0.1, 0.15) is 438 Å². The fourth-order valence-electron chi connectivity index (χ4n) is 11.9. The molecule has 0 saturated carbocycles. The molecule has 486 valence electrons. The Morgan fingerprint density at radius 3 is 0.610 bits per heavy atom. The van der Waals surface area contributed by atoms with E-state index < -0.39 is 6.10 Å². The third-order valence-electron chi connectivity index (χ3n) is 17.5. The molecule has 0 heterocycles. The Morgan fingerprint density at radius 2 is 0.402 bits per heavy atom. The van der Waals surface area contributed by atoms with Crippen molar-refractivity contribution in [3.8, 4) is 0 Å². The van der Waals surface area contributed by atoms with Crippen molar-refractivity contribution >= 4 is 17.9 Å². The van der Waals surface area contributed by atoms with Crippen LogP contribution in [0.25, 0.3) is 0 Å². The van der Waals surface area contributed by atoms with Gasteiger partial charge in [0, 0.05) is 19.3 Å². The van der Waals surface area contributed by atoms with Gasteiger partial charge in [-0.2, -0.15) is 0 Å². The Hall–Kier alpha value is -1.85. The highest BCUT2D eigenvalue weighted by molar-refractivity contribution is 5.71. The zero-order valence-electron chi connectivity index (χ0n) is 56.1. The largest absolute Gasteiger partial charge is 0.462 e. The van der Waals surface area contributed by atoms with Gasteiger partial charge in [0.15, 0.2) is 6.10 Å². The van der Waals surface area contributed by atoms with Crippen molar-refractivity contribution in [1.82, 2.24) is 0 Å². The van der Waals surface area contributed by atoms with Crippen LogP contribution in [-0.2, 0) is 28.6 Å². The lowest BCUT2D eigenvalue weighted by Crippen LogP contribution is -2.30. The van der Waals surface area contributed by atoms with E-state index in [-0.39, 0.29) is 31.1 Å². The molecule has 82 heavy (non-hydrogen) atoms. The molecule has 1 unspecified atom stereocenters. The number of rotatable bonds is 71. The lowest BCUT2D eigenvalue weighted by molar-refractivity contribution is -0.167. The van der Waals surface area contributed by atoms with Gasteiger partial charge in [-0.15, -0.1) is 0 Å². The first kappa shape index (κ1) is 80.2. The molecule has 6 heteroatoms. The Bertz CT molecular complexity index is 1280. The van der Waals surface area contributed by atoms with Gasteiger partial charge in [0.1, 0.15) is 13.2 Å². The second-order valence-electron chi connectivity index (χ2n) is 25.9. The average Bonchev–Trinajstić information content (AvgIpc) is 3.48. The summed E-state index contributed by atoms with van der Waals surface area (Å²) in [6.45, 7) is 6.71. The van der Waals surface area contributed by atoms with E-state index in [1.807, 2.05) is 0 Å². The second-order valence-corrected chi connectivity index (χ2v) is 25.9. The summed E-state index contributed by atoms with van der Waals surface area (Å²) < 4.78 is 17.0. The van der Waals surface area contributed by atoms with Gasteiger partial charge in [0.05, 0.1) is 0 Å². The lowest BCUT2D eigenvalue weighted by Gasteiger charge is -2.18. The summed E-state index contributed by atoms with van der Waals surface area (Å²) in [5, 5.41) is 0. The van der Waals surface area contributed by atoms with Gasteiger partial charge < -0.3 is 14.2 Å². The molecule has 6 nitrogen and oxygen atoms in total. The first-order valence-electron chi connectivity index (χ1n) is 37.7. The summed E-state index contributed by atoms with van der Waals surface area (Å²) in [6.07, 6.45) is 87.2. The molecular formula is C76H146O6. The van der Waals surface area contributed by atoms with Crippen LogP contribution >= 0.6 is 0 Å². The van der Waals surface area contributed by atoms with Crippen molar-refractivity contribution in [1.29, 1.82) is 0 Å². The van der Waals surface area contributed by atoms with Gasteiger partial charge in [0.2, 0.25) is 0 Å². The molecule has 0 N–H and O–H groups in total. The second kappa shape index (κ2) is 71.6. The van der Waals surface area contributed by atoms with E-state index >= 15 is 0 Å². The van der Waals surface area contributed by atoms with Crippen LogP contribution in [0.3, 0.4) is 0 Å². The van der Waals surface area contributed by atoms with E-state index in [9.17, 15) is 14.4 Å². The van der Waals surface area contributed by atoms with Crippen LogP contribution in [-0.4, -0.2) is 37.2 Å². The predicted molar refractivity (Wildman–Crippen MR) is 358 cm³/mol. The van der Waals surface area contributed by atoms with Crippen LogP contribution < -0.4 is 0 Å². The van der Waals surface area contributed by atoms with Crippen molar-refractivity contribution < 1.29 is 28.6 Å². The molecule has 0 bridgehead atoms. The topological polar surface area (TPSA) is 78.9 Å². The molecule has 0 radical (unpaired) electrons. The van der Waals surface area contributed by atoms with E-state index in [2.05, 4.69) is 32.9 Å². The van der Waals surface area contributed by atoms with Gasteiger partial charge >= 0.3 is 17.9 Å². The molecule has 0 aromatic heterocycles. The van der Waals surface area contributed by atoms with Crippen LogP contribution in [0, 0.1) is 0 Å². The van der Waals surface area contributed by atoms with Crippen molar-refractivity contribution in [2.24, 2.45) is 0 Å². The van der Waals surface area contributed by atoms with E-state index in [0.29, 0.717) is 19.3 Å². The SMILES string of the molecule is CCCCCCCCCC/C=C\CCCCCCCCCCCCCCCCCCCCCCCCCC(=O)OCC(COC(=O)CCCCCCCCCCC)OC(=O)CCCCCCCCCCCCCCCCCCCCCC. The summed E-state index contributed by atoms with van der Waals surface area (Å²) in [4.78, 5) is 38.3. The van der Waals surface area contributed by atoms with Gasteiger partial charge in [-0.25, -0.2) is 0 Å². The van der Waals surface area contributed by atoms with Crippen molar-refractivity contribution in [3.05, 3.63) is 12.2 Å². The van der Waals surface area contributed by atoms with Gasteiger partial charge in [0.25, 0.3) is 0 Å². The Balaban J connectivity index is 3.97. The summed E-state index contributed by atoms with van der Waals surface area (Å²) in [7, 11) is 0. The molecule has 0 aliphatic heterocycles. The summed E-state index contributed by atoms with van der Waals surface area (Å²) in [5.74, 6) is -0.829. The van der Waals surface area contributed by atoms with Crippen LogP contribution in [0.5, 0.6) is 0 Å². The molecule has 0 aromatic rings. The maximum absolute atomic E-state index is 12.9. The van der Waals surface area contributed by atoms with Crippen LogP contribution in [0.2, 0.25) is 0 Å². The standard InChI is InChI=1S/C76H146O6/c1-4-7-10-13-16-19-21-23-25-27-29-31-32-33-34-35-36-37-38-39-40-41-42-43-44-45-47-48-50-52-54-57-60-63-66-69-75(78)81-72-73(71-80-74(77)68-65-62-59-56-18-15-12-9-6-3)82-76(79)70-67-64-61-58-55-53-51-49-46-30-28-26-24-22-20-17-14-11-8-5-2/h27,29,73H,4-26,28,30-72H2,1-3H3/b29-27-. The van der Waals surface area contributed by atoms with Gasteiger partial charge in [-0.3, -0.25) is 14.4 Å². The third kappa shape index (κ3) is 68.9. The molecule has 1 atom stereocenters. The molecule has 0 saturated heterocycles. The maximum atomic E-state index is 12.9. The number of carbonyl (C=O) groups is 3. The normalized spacial score (nSPS) is 12.0. The van der Waals surface area contributed by atoms with E-state index in [4.69, 9.17) is 14.2 Å². The fourth-order valence-corrected chi connectivity index (χ4v) is 11.9. The monoisotopic (exact) mass is 1160 g/mol.